The maximum atomic E-state index is 11.7. The summed E-state index contributed by atoms with van der Waals surface area (Å²) < 4.78 is 4.63. The van der Waals surface area contributed by atoms with Crippen LogP contribution in [0, 0.1) is 0 Å². The third-order valence-corrected chi connectivity index (χ3v) is 3.18. The summed E-state index contributed by atoms with van der Waals surface area (Å²) in [6.45, 7) is 0.234. The molecular formula is C14H19N3O3. The van der Waals surface area contributed by atoms with Gasteiger partial charge in [-0.15, -0.1) is 0 Å². The van der Waals surface area contributed by atoms with Gasteiger partial charge in [-0.1, -0.05) is 0 Å². The summed E-state index contributed by atoms with van der Waals surface area (Å²) in [6.07, 6.45) is 2.12. The molecule has 0 radical (unpaired) electrons. The average molecular weight is 277 g/mol. The molecule has 0 heterocycles. The Morgan fingerprint density at radius 1 is 1.45 bits per heavy atom. The zero-order chi connectivity index (χ0) is 14.7. The average Bonchev–Trinajstić information content (AvgIpc) is 3.21. The van der Waals surface area contributed by atoms with Gasteiger partial charge in [0.1, 0.15) is 0 Å². The summed E-state index contributed by atoms with van der Waals surface area (Å²) in [5.74, 6) is -0.455. The lowest BCUT2D eigenvalue weighted by atomic mass is 10.1. The van der Waals surface area contributed by atoms with Crippen molar-refractivity contribution in [3.63, 3.8) is 0 Å². The number of anilines is 2. The summed E-state index contributed by atoms with van der Waals surface area (Å²) in [5, 5.41) is 2.92. The highest BCUT2D eigenvalue weighted by Gasteiger charge is 2.23. The number of nitrogens with zero attached hydrogens (tertiary/aromatic N) is 1. The minimum atomic E-state index is -0.433. The Balaban J connectivity index is 2.03. The molecule has 0 atom stereocenters. The number of likely N-dealkylation sites (N-methyl/N-ethyl adjacent to an activating group) is 1. The highest BCUT2D eigenvalue weighted by atomic mass is 16.5. The Labute approximate surface area is 117 Å². The van der Waals surface area contributed by atoms with Crippen molar-refractivity contribution in [2.45, 2.75) is 18.9 Å². The van der Waals surface area contributed by atoms with Gasteiger partial charge in [-0.05, 0) is 31.0 Å². The SMILES string of the molecule is COC(=O)c1ccc(N(C)CC(=O)NC2CC2)c(N)c1. The third kappa shape index (κ3) is 3.40. The predicted molar refractivity (Wildman–Crippen MR) is 76.6 cm³/mol. The number of rotatable bonds is 5. The van der Waals surface area contributed by atoms with Crippen molar-refractivity contribution in [1.82, 2.24) is 5.32 Å². The van der Waals surface area contributed by atoms with E-state index in [1.54, 1.807) is 30.1 Å². The number of ether oxygens (including phenoxy) is 1. The molecule has 0 aromatic heterocycles. The van der Waals surface area contributed by atoms with Gasteiger partial charge in [-0.25, -0.2) is 4.79 Å². The van der Waals surface area contributed by atoms with E-state index in [1.165, 1.54) is 7.11 Å². The molecule has 1 aromatic rings. The molecule has 0 saturated heterocycles. The van der Waals surface area contributed by atoms with Crippen LogP contribution in [-0.4, -0.2) is 38.6 Å². The van der Waals surface area contributed by atoms with E-state index >= 15 is 0 Å². The lowest BCUT2D eigenvalue weighted by Gasteiger charge is -2.20. The van der Waals surface area contributed by atoms with Crippen LogP contribution in [0.3, 0.4) is 0 Å². The molecule has 3 N–H and O–H groups in total. The Bertz CT molecular complexity index is 526. The van der Waals surface area contributed by atoms with Crippen molar-refractivity contribution in [2.75, 3.05) is 31.3 Å². The Hall–Kier alpha value is -2.24. The lowest BCUT2D eigenvalue weighted by molar-refractivity contribution is -0.119. The molecular weight excluding hydrogens is 258 g/mol. The number of nitrogens with one attached hydrogen (secondary N) is 1. The van der Waals surface area contributed by atoms with Gasteiger partial charge in [0.05, 0.1) is 30.6 Å². The maximum absolute atomic E-state index is 11.7. The van der Waals surface area contributed by atoms with Crippen LogP contribution in [0.1, 0.15) is 23.2 Å². The lowest BCUT2D eigenvalue weighted by Crippen LogP contribution is -2.36. The Morgan fingerprint density at radius 2 is 2.15 bits per heavy atom. The van der Waals surface area contributed by atoms with Gasteiger partial charge in [0.2, 0.25) is 5.91 Å². The van der Waals surface area contributed by atoms with Crippen LogP contribution in [0.15, 0.2) is 18.2 Å². The van der Waals surface area contributed by atoms with E-state index in [-0.39, 0.29) is 12.5 Å². The predicted octanol–water partition coefficient (Wildman–Crippen LogP) is 0.770. The topological polar surface area (TPSA) is 84.7 Å². The first kappa shape index (κ1) is 14.2. The van der Waals surface area contributed by atoms with Crippen LogP contribution < -0.4 is 16.0 Å². The number of methoxy groups -OCH3 is 1. The second kappa shape index (κ2) is 5.81. The van der Waals surface area contributed by atoms with Crippen LogP contribution in [0.2, 0.25) is 0 Å². The number of carbonyl (C=O) groups is 2. The van der Waals surface area contributed by atoms with Crippen molar-refractivity contribution in [2.24, 2.45) is 0 Å². The zero-order valence-corrected chi connectivity index (χ0v) is 11.7. The molecule has 1 aromatic carbocycles. The van der Waals surface area contributed by atoms with Crippen molar-refractivity contribution in [1.29, 1.82) is 0 Å². The molecule has 1 amide bonds. The van der Waals surface area contributed by atoms with Crippen molar-refractivity contribution < 1.29 is 14.3 Å². The summed E-state index contributed by atoms with van der Waals surface area (Å²) in [5.41, 5.74) is 7.47. The number of benzene rings is 1. The van der Waals surface area contributed by atoms with E-state index < -0.39 is 5.97 Å². The van der Waals surface area contributed by atoms with Gasteiger partial charge in [-0.2, -0.15) is 0 Å². The molecule has 20 heavy (non-hydrogen) atoms. The summed E-state index contributed by atoms with van der Waals surface area (Å²) in [7, 11) is 3.11. The van der Waals surface area contributed by atoms with Crippen molar-refractivity contribution >= 4 is 23.3 Å². The quantitative estimate of drug-likeness (QED) is 0.613. The summed E-state index contributed by atoms with van der Waals surface area (Å²) >= 11 is 0. The van der Waals surface area contributed by atoms with Crippen LogP contribution >= 0.6 is 0 Å². The first-order valence-electron chi connectivity index (χ1n) is 6.49. The molecule has 1 saturated carbocycles. The largest absolute Gasteiger partial charge is 0.465 e. The molecule has 0 spiro atoms. The van der Waals surface area contributed by atoms with Gasteiger partial charge in [-0.3, -0.25) is 4.79 Å². The normalized spacial score (nSPS) is 13.7. The summed E-state index contributed by atoms with van der Waals surface area (Å²) in [6, 6.07) is 5.24. The van der Waals surface area contributed by atoms with Gasteiger partial charge in [0.15, 0.2) is 0 Å². The molecule has 1 aliphatic carbocycles. The number of hydrogen-bond donors (Lipinski definition) is 2. The molecule has 6 nitrogen and oxygen atoms in total. The first-order chi connectivity index (χ1) is 9.51. The molecule has 2 rings (SSSR count). The fourth-order valence-corrected chi connectivity index (χ4v) is 1.95. The fraction of sp³-hybridized carbons (Fsp3) is 0.429. The zero-order valence-electron chi connectivity index (χ0n) is 11.7. The van der Waals surface area contributed by atoms with Gasteiger partial charge in [0.25, 0.3) is 0 Å². The third-order valence-electron chi connectivity index (χ3n) is 3.18. The van der Waals surface area contributed by atoms with Crippen LogP contribution in [-0.2, 0) is 9.53 Å². The number of esters is 1. The van der Waals surface area contributed by atoms with Crippen LogP contribution in [0.4, 0.5) is 11.4 Å². The second-order valence-electron chi connectivity index (χ2n) is 4.96. The number of nitrogen functional groups attached to an aromatic ring is 1. The number of nitrogens with two attached hydrogens (primary N) is 1. The van der Waals surface area contributed by atoms with Crippen molar-refractivity contribution in [3.05, 3.63) is 23.8 Å². The number of carbonyl (C=O) groups excluding carboxylic acids is 2. The monoisotopic (exact) mass is 277 g/mol. The Kier molecular flexibility index (Phi) is 4.12. The fourth-order valence-electron chi connectivity index (χ4n) is 1.95. The number of hydrogen-bond acceptors (Lipinski definition) is 5. The molecule has 0 unspecified atom stereocenters. The molecule has 0 bridgehead atoms. The molecule has 108 valence electrons. The van der Waals surface area contributed by atoms with E-state index in [9.17, 15) is 9.59 Å². The maximum Gasteiger partial charge on any atom is 0.337 e. The van der Waals surface area contributed by atoms with Crippen LogP contribution in [0.5, 0.6) is 0 Å². The molecule has 6 heteroatoms. The van der Waals surface area contributed by atoms with E-state index in [0.29, 0.717) is 23.0 Å². The minimum Gasteiger partial charge on any atom is -0.465 e. The highest BCUT2D eigenvalue weighted by molar-refractivity contribution is 5.92. The van der Waals surface area contributed by atoms with E-state index in [0.717, 1.165) is 12.8 Å². The highest BCUT2D eigenvalue weighted by Crippen LogP contribution is 2.24. The van der Waals surface area contributed by atoms with E-state index in [1.807, 2.05) is 0 Å². The molecule has 1 fully saturated rings. The first-order valence-corrected chi connectivity index (χ1v) is 6.49. The van der Waals surface area contributed by atoms with Crippen molar-refractivity contribution in [3.8, 4) is 0 Å². The van der Waals surface area contributed by atoms with E-state index in [4.69, 9.17) is 5.73 Å². The number of amides is 1. The van der Waals surface area contributed by atoms with Gasteiger partial charge in [0, 0.05) is 13.1 Å². The minimum absolute atomic E-state index is 0.0218. The molecule has 1 aliphatic rings. The molecule has 0 aliphatic heterocycles. The van der Waals surface area contributed by atoms with Crippen LogP contribution in [0.25, 0.3) is 0 Å². The van der Waals surface area contributed by atoms with Gasteiger partial charge < -0.3 is 20.7 Å². The smallest absolute Gasteiger partial charge is 0.337 e. The second-order valence-corrected chi connectivity index (χ2v) is 4.96. The summed E-state index contributed by atoms with van der Waals surface area (Å²) in [4.78, 5) is 24.9. The van der Waals surface area contributed by atoms with E-state index in [2.05, 4.69) is 10.1 Å². The Morgan fingerprint density at radius 3 is 2.70 bits per heavy atom. The standard InChI is InChI=1S/C14H19N3O3/c1-17(8-13(18)16-10-4-5-10)12-6-3-9(7-11(12)15)14(19)20-2/h3,6-7,10H,4-5,8,15H2,1-2H3,(H,16,18). The van der Waals surface area contributed by atoms with Gasteiger partial charge >= 0.3 is 5.97 Å².